The molecular weight excluding hydrogens is 378 g/mol. The van der Waals surface area contributed by atoms with Crippen LogP contribution < -0.4 is 4.90 Å². The molecule has 2 aliphatic heterocycles. The smallest absolute Gasteiger partial charge is 0.332 e. The number of anilines is 1. The van der Waals surface area contributed by atoms with Crippen LogP contribution in [0.4, 0.5) is 19.3 Å². The predicted molar refractivity (Wildman–Crippen MR) is 102 cm³/mol. The van der Waals surface area contributed by atoms with E-state index in [0.29, 0.717) is 10.5 Å². The van der Waals surface area contributed by atoms with Gasteiger partial charge in [-0.05, 0) is 38.1 Å². The first-order chi connectivity index (χ1) is 13.8. The normalized spacial score (nSPS) is 17.6. The number of carbonyl (C=O) groups excluding carboxylic acids is 2. The van der Waals surface area contributed by atoms with E-state index in [2.05, 4.69) is 11.8 Å². The van der Waals surface area contributed by atoms with Crippen molar-refractivity contribution >= 4 is 17.6 Å². The second kappa shape index (κ2) is 6.98. The van der Waals surface area contributed by atoms with Crippen LogP contribution in [-0.2, 0) is 9.53 Å². The van der Waals surface area contributed by atoms with Crippen molar-refractivity contribution < 1.29 is 23.1 Å². The summed E-state index contributed by atoms with van der Waals surface area (Å²) in [5, 5.41) is 0. The highest BCUT2D eigenvalue weighted by molar-refractivity contribution is 6.24. The lowest BCUT2D eigenvalue weighted by molar-refractivity contribution is -0.155. The van der Waals surface area contributed by atoms with Crippen molar-refractivity contribution in [2.45, 2.75) is 25.4 Å². The Labute approximate surface area is 166 Å². The fourth-order valence-corrected chi connectivity index (χ4v) is 3.68. The zero-order valence-electron chi connectivity index (χ0n) is 15.9. The summed E-state index contributed by atoms with van der Waals surface area (Å²) < 4.78 is 34.8. The second-order valence-corrected chi connectivity index (χ2v) is 7.32. The highest BCUT2D eigenvalue weighted by Gasteiger charge is 2.63. The third kappa shape index (κ3) is 2.97. The van der Waals surface area contributed by atoms with Gasteiger partial charge in [0.15, 0.2) is 17.2 Å². The number of rotatable bonds is 2. The molecule has 2 aliphatic rings. The van der Waals surface area contributed by atoms with E-state index in [4.69, 9.17) is 4.74 Å². The molecule has 1 spiro atoms. The minimum absolute atomic E-state index is 0.0100. The molecule has 0 aromatic heterocycles. The number of benzene rings is 2. The quantitative estimate of drug-likeness (QED) is 0.578. The Morgan fingerprint density at radius 1 is 1.00 bits per heavy atom. The number of hydrogen-bond donors (Lipinski definition) is 0. The number of ether oxygens (including phenoxy) is 1. The van der Waals surface area contributed by atoms with Crippen LogP contribution in [0.15, 0.2) is 42.5 Å². The third-order valence-electron chi connectivity index (χ3n) is 5.02. The summed E-state index contributed by atoms with van der Waals surface area (Å²) >= 11 is 0. The average molecular weight is 396 g/mol. The second-order valence-electron chi connectivity index (χ2n) is 7.32. The summed E-state index contributed by atoms with van der Waals surface area (Å²) in [4.78, 5) is 27.8. The molecule has 0 N–H and O–H groups in total. The van der Waals surface area contributed by atoms with Crippen molar-refractivity contribution in [3.05, 3.63) is 65.2 Å². The highest BCUT2D eigenvalue weighted by Crippen LogP contribution is 2.40. The molecule has 2 aromatic carbocycles. The lowest BCUT2D eigenvalue weighted by Gasteiger charge is -2.43. The van der Waals surface area contributed by atoms with Gasteiger partial charge >= 0.3 is 6.03 Å². The fraction of sp³-hybridized carbons (Fsp3) is 0.273. The van der Waals surface area contributed by atoms with Crippen LogP contribution in [0.25, 0.3) is 0 Å². The van der Waals surface area contributed by atoms with Crippen molar-refractivity contribution in [2.75, 3.05) is 18.1 Å². The highest BCUT2D eigenvalue weighted by atomic mass is 19.1. The van der Waals surface area contributed by atoms with E-state index in [1.807, 2.05) is 6.07 Å². The van der Waals surface area contributed by atoms with E-state index in [1.165, 1.54) is 4.90 Å². The molecule has 2 fully saturated rings. The van der Waals surface area contributed by atoms with E-state index in [1.54, 1.807) is 38.1 Å². The van der Waals surface area contributed by atoms with Gasteiger partial charge < -0.3 is 9.64 Å². The number of urea groups is 1. The van der Waals surface area contributed by atoms with Gasteiger partial charge in [0, 0.05) is 17.2 Å². The molecule has 4 rings (SSSR count). The van der Waals surface area contributed by atoms with Gasteiger partial charge in [-0.15, -0.1) is 0 Å². The standard InChI is InChI=1S/C22H18F2N2O3/c1-14(2)26-21(28)25(20(27)22(26)12-29-13-22)19-17(23)10-16(11-18(19)24)9-8-15-6-4-3-5-7-15/h3-7,10-11,14H,12-13H2,1-2H3. The number of carbonyl (C=O) groups is 2. The number of halogens is 2. The van der Waals surface area contributed by atoms with E-state index < -0.39 is 34.8 Å². The number of nitrogens with zero attached hydrogens (tertiary/aromatic N) is 2. The maximum atomic E-state index is 14.8. The zero-order valence-corrected chi connectivity index (χ0v) is 15.9. The van der Waals surface area contributed by atoms with Crippen LogP contribution in [0.1, 0.15) is 25.0 Å². The van der Waals surface area contributed by atoms with Crippen molar-refractivity contribution in [1.29, 1.82) is 0 Å². The summed E-state index contributed by atoms with van der Waals surface area (Å²) in [5.74, 6) is 2.80. The van der Waals surface area contributed by atoms with Gasteiger partial charge in [0.1, 0.15) is 5.69 Å². The van der Waals surface area contributed by atoms with Gasteiger partial charge in [0.2, 0.25) is 0 Å². The Kier molecular flexibility index (Phi) is 4.59. The number of imide groups is 1. The summed E-state index contributed by atoms with van der Waals surface area (Å²) in [5.41, 5.74) is -1.08. The van der Waals surface area contributed by atoms with Crippen molar-refractivity contribution in [3.63, 3.8) is 0 Å². The van der Waals surface area contributed by atoms with Crippen LogP contribution >= 0.6 is 0 Å². The molecule has 2 saturated heterocycles. The van der Waals surface area contributed by atoms with Gasteiger partial charge in [0.25, 0.3) is 5.91 Å². The topological polar surface area (TPSA) is 49.9 Å². The van der Waals surface area contributed by atoms with Gasteiger partial charge in [-0.1, -0.05) is 30.0 Å². The lowest BCUT2D eigenvalue weighted by Crippen LogP contribution is -2.65. The van der Waals surface area contributed by atoms with Crippen LogP contribution in [0.5, 0.6) is 0 Å². The van der Waals surface area contributed by atoms with Crippen molar-refractivity contribution in [1.82, 2.24) is 4.90 Å². The Hall–Kier alpha value is -3.24. The molecule has 2 aromatic rings. The van der Waals surface area contributed by atoms with E-state index in [-0.39, 0.29) is 24.8 Å². The zero-order chi connectivity index (χ0) is 20.8. The Bertz CT molecular complexity index is 1030. The first kappa shape index (κ1) is 19.1. The lowest BCUT2D eigenvalue weighted by atomic mass is 9.94. The Morgan fingerprint density at radius 3 is 2.07 bits per heavy atom. The molecule has 7 heteroatoms. The van der Waals surface area contributed by atoms with Gasteiger partial charge in [-0.2, -0.15) is 0 Å². The third-order valence-corrected chi connectivity index (χ3v) is 5.02. The van der Waals surface area contributed by atoms with Crippen LogP contribution in [0, 0.1) is 23.5 Å². The molecule has 0 unspecified atom stereocenters. The van der Waals surface area contributed by atoms with Crippen molar-refractivity contribution in [2.24, 2.45) is 0 Å². The Morgan fingerprint density at radius 2 is 1.59 bits per heavy atom. The van der Waals surface area contributed by atoms with Crippen LogP contribution in [-0.4, -0.2) is 41.6 Å². The average Bonchev–Trinajstić information content (AvgIpc) is 2.88. The van der Waals surface area contributed by atoms with Gasteiger partial charge in [-0.3, -0.25) is 4.79 Å². The Balaban J connectivity index is 1.72. The number of hydrogen-bond acceptors (Lipinski definition) is 3. The number of amides is 3. The monoisotopic (exact) mass is 396 g/mol. The van der Waals surface area contributed by atoms with Gasteiger partial charge in [-0.25, -0.2) is 18.5 Å². The van der Waals surface area contributed by atoms with E-state index in [0.717, 1.165) is 12.1 Å². The molecule has 0 bridgehead atoms. The predicted octanol–water partition coefficient (Wildman–Crippen LogP) is 3.31. The minimum atomic E-state index is -1.20. The van der Waals surface area contributed by atoms with Crippen molar-refractivity contribution in [3.8, 4) is 11.8 Å². The summed E-state index contributed by atoms with van der Waals surface area (Å²) in [6.45, 7) is 3.50. The first-order valence-corrected chi connectivity index (χ1v) is 9.17. The summed E-state index contributed by atoms with van der Waals surface area (Å²) in [6, 6.07) is 9.96. The molecule has 29 heavy (non-hydrogen) atoms. The molecule has 148 valence electrons. The maximum Gasteiger partial charge on any atom is 0.332 e. The first-order valence-electron chi connectivity index (χ1n) is 9.17. The van der Waals surface area contributed by atoms with Gasteiger partial charge in [0.05, 0.1) is 13.2 Å². The summed E-state index contributed by atoms with van der Waals surface area (Å²) in [7, 11) is 0. The molecular formula is C22H18F2N2O3. The molecule has 2 heterocycles. The largest absolute Gasteiger partial charge is 0.375 e. The summed E-state index contributed by atoms with van der Waals surface area (Å²) in [6.07, 6.45) is 0. The van der Waals surface area contributed by atoms with E-state index >= 15 is 0 Å². The fourth-order valence-electron chi connectivity index (χ4n) is 3.68. The van der Waals surface area contributed by atoms with E-state index in [9.17, 15) is 18.4 Å². The molecule has 0 radical (unpaired) electrons. The molecule has 0 saturated carbocycles. The molecule has 0 atom stereocenters. The molecule has 5 nitrogen and oxygen atoms in total. The SMILES string of the molecule is CC(C)N1C(=O)N(c2c(F)cc(C#Cc3ccccc3)cc2F)C(=O)C12COC2. The molecule has 0 aliphatic carbocycles. The molecule has 3 amide bonds. The van der Waals surface area contributed by atoms with Crippen LogP contribution in [0.3, 0.4) is 0 Å². The minimum Gasteiger partial charge on any atom is -0.375 e. The van der Waals surface area contributed by atoms with Crippen LogP contribution in [0.2, 0.25) is 0 Å². The maximum absolute atomic E-state index is 14.8.